The Bertz CT molecular complexity index is 611. The van der Waals surface area contributed by atoms with Gasteiger partial charge in [0.2, 0.25) is 5.91 Å². The SMILES string of the molecule is C[C@H]1CCCC[C@H]1NC(=O)C[NH+]1CCC(NC(=O)Cc2ccccc2)CC1. The van der Waals surface area contributed by atoms with E-state index < -0.39 is 0 Å². The van der Waals surface area contributed by atoms with Gasteiger partial charge < -0.3 is 15.5 Å². The Hall–Kier alpha value is -1.88. The quantitative estimate of drug-likeness (QED) is 0.700. The Morgan fingerprint density at radius 3 is 2.37 bits per heavy atom. The van der Waals surface area contributed by atoms with Crippen LogP contribution in [0.2, 0.25) is 0 Å². The van der Waals surface area contributed by atoms with Crippen molar-refractivity contribution in [3.05, 3.63) is 35.9 Å². The first kappa shape index (κ1) is 19.9. The number of carbonyl (C=O) groups is 2. The minimum Gasteiger partial charge on any atom is -0.353 e. The average Bonchev–Trinajstić information content (AvgIpc) is 2.66. The van der Waals surface area contributed by atoms with Gasteiger partial charge in [0.15, 0.2) is 6.54 Å². The molecule has 1 heterocycles. The number of rotatable bonds is 6. The molecular weight excluding hydrogens is 338 g/mol. The highest BCUT2D eigenvalue weighted by Crippen LogP contribution is 2.23. The van der Waals surface area contributed by atoms with Crippen LogP contribution >= 0.6 is 0 Å². The molecule has 5 nitrogen and oxygen atoms in total. The molecule has 2 aliphatic rings. The van der Waals surface area contributed by atoms with E-state index in [0.29, 0.717) is 24.9 Å². The summed E-state index contributed by atoms with van der Waals surface area (Å²) in [5.74, 6) is 0.886. The molecule has 3 rings (SSSR count). The summed E-state index contributed by atoms with van der Waals surface area (Å²) < 4.78 is 0. The van der Waals surface area contributed by atoms with Crippen LogP contribution in [-0.4, -0.2) is 43.5 Å². The molecule has 1 aliphatic heterocycles. The zero-order chi connectivity index (χ0) is 19.1. The number of nitrogens with one attached hydrogen (secondary N) is 3. The van der Waals surface area contributed by atoms with Gasteiger partial charge in [-0.15, -0.1) is 0 Å². The van der Waals surface area contributed by atoms with Gasteiger partial charge in [-0.1, -0.05) is 50.1 Å². The van der Waals surface area contributed by atoms with Gasteiger partial charge in [0.1, 0.15) is 0 Å². The first-order valence-electron chi connectivity index (χ1n) is 10.6. The third kappa shape index (κ3) is 6.35. The monoisotopic (exact) mass is 372 g/mol. The standard InChI is InChI=1S/C22H33N3O2/c1-17-7-5-6-10-20(17)24-22(27)16-25-13-11-19(12-14-25)23-21(26)15-18-8-3-2-4-9-18/h2-4,8-9,17,19-20H,5-7,10-16H2,1H3,(H,23,26)(H,24,27)/p+1/t17-,20+/m0/s1. The van der Waals surface area contributed by atoms with Crippen molar-refractivity contribution in [3.8, 4) is 0 Å². The van der Waals surface area contributed by atoms with Gasteiger partial charge in [-0.05, 0) is 24.3 Å². The Balaban J connectivity index is 1.34. The summed E-state index contributed by atoms with van der Waals surface area (Å²) in [6.07, 6.45) is 7.21. The molecule has 0 aromatic heterocycles. The summed E-state index contributed by atoms with van der Waals surface area (Å²) in [7, 11) is 0. The second-order valence-corrected chi connectivity index (χ2v) is 8.37. The number of hydrogen-bond acceptors (Lipinski definition) is 2. The highest BCUT2D eigenvalue weighted by Gasteiger charge is 2.27. The second kappa shape index (κ2) is 9.88. The molecular formula is C22H34N3O2+. The molecule has 3 N–H and O–H groups in total. The number of piperidine rings is 1. The van der Waals surface area contributed by atoms with Gasteiger partial charge in [-0.3, -0.25) is 9.59 Å². The molecule has 27 heavy (non-hydrogen) atoms. The summed E-state index contributed by atoms with van der Waals surface area (Å²) in [5, 5.41) is 6.42. The predicted octanol–water partition coefficient (Wildman–Crippen LogP) is 1.09. The van der Waals surface area contributed by atoms with E-state index in [1.165, 1.54) is 24.2 Å². The Morgan fingerprint density at radius 1 is 0.963 bits per heavy atom. The van der Waals surface area contributed by atoms with E-state index in [1.807, 2.05) is 30.3 Å². The minimum atomic E-state index is 0.0960. The lowest BCUT2D eigenvalue weighted by Crippen LogP contribution is -3.14. The summed E-state index contributed by atoms with van der Waals surface area (Å²) >= 11 is 0. The van der Waals surface area contributed by atoms with Gasteiger partial charge in [-0.25, -0.2) is 0 Å². The summed E-state index contributed by atoms with van der Waals surface area (Å²) in [6, 6.07) is 10.5. The fraction of sp³-hybridized carbons (Fsp3) is 0.636. The largest absolute Gasteiger partial charge is 0.353 e. The van der Waals surface area contributed by atoms with Crippen molar-refractivity contribution in [2.24, 2.45) is 5.92 Å². The summed E-state index contributed by atoms with van der Waals surface area (Å²) in [4.78, 5) is 25.9. The van der Waals surface area contributed by atoms with Crippen LogP contribution in [0.1, 0.15) is 51.0 Å². The Kier molecular flexibility index (Phi) is 7.27. The van der Waals surface area contributed by atoms with Crippen LogP contribution in [0.5, 0.6) is 0 Å². The van der Waals surface area contributed by atoms with E-state index in [0.717, 1.165) is 37.9 Å². The molecule has 1 saturated heterocycles. The van der Waals surface area contributed by atoms with E-state index >= 15 is 0 Å². The smallest absolute Gasteiger partial charge is 0.275 e. The van der Waals surface area contributed by atoms with Crippen LogP contribution in [0.3, 0.4) is 0 Å². The second-order valence-electron chi connectivity index (χ2n) is 8.37. The molecule has 5 heteroatoms. The number of benzene rings is 1. The van der Waals surface area contributed by atoms with Crippen molar-refractivity contribution >= 4 is 11.8 Å². The highest BCUT2D eigenvalue weighted by atomic mass is 16.2. The molecule has 1 aliphatic carbocycles. The lowest BCUT2D eigenvalue weighted by Gasteiger charge is -2.32. The number of likely N-dealkylation sites (tertiary alicyclic amines) is 1. The molecule has 1 saturated carbocycles. The van der Waals surface area contributed by atoms with E-state index in [2.05, 4.69) is 17.6 Å². The maximum Gasteiger partial charge on any atom is 0.275 e. The van der Waals surface area contributed by atoms with Crippen LogP contribution in [-0.2, 0) is 16.0 Å². The van der Waals surface area contributed by atoms with Gasteiger partial charge in [0.05, 0.1) is 19.5 Å². The lowest BCUT2D eigenvalue weighted by molar-refractivity contribution is -0.897. The number of amides is 2. The van der Waals surface area contributed by atoms with Crippen molar-refractivity contribution < 1.29 is 14.5 Å². The molecule has 1 aromatic rings. The van der Waals surface area contributed by atoms with E-state index in [9.17, 15) is 9.59 Å². The summed E-state index contributed by atoms with van der Waals surface area (Å²) in [5.41, 5.74) is 1.05. The zero-order valence-electron chi connectivity index (χ0n) is 16.5. The Labute approximate surface area is 162 Å². The van der Waals surface area contributed by atoms with Gasteiger partial charge >= 0.3 is 0 Å². The third-order valence-electron chi connectivity index (χ3n) is 6.13. The highest BCUT2D eigenvalue weighted by molar-refractivity contribution is 5.79. The predicted molar refractivity (Wildman–Crippen MR) is 106 cm³/mol. The van der Waals surface area contributed by atoms with Gasteiger partial charge in [0, 0.05) is 24.9 Å². The normalized spacial score (nSPS) is 28.3. The van der Waals surface area contributed by atoms with E-state index in [-0.39, 0.29) is 17.9 Å². The van der Waals surface area contributed by atoms with Crippen molar-refractivity contribution in [2.45, 2.75) is 64.0 Å². The van der Waals surface area contributed by atoms with Crippen molar-refractivity contribution in [3.63, 3.8) is 0 Å². The molecule has 2 amide bonds. The van der Waals surface area contributed by atoms with Crippen LogP contribution in [0.25, 0.3) is 0 Å². The molecule has 0 unspecified atom stereocenters. The number of quaternary nitrogens is 1. The van der Waals surface area contributed by atoms with Crippen molar-refractivity contribution in [2.75, 3.05) is 19.6 Å². The third-order valence-corrected chi connectivity index (χ3v) is 6.13. The maximum atomic E-state index is 12.4. The van der Waals surface area contributed by atoms with Crippen molar-refractivity contribution in [1.82, 2.24) is 10.6 Å². The molecule has 0 radical (unpaired) electrons. The minimum absolute atomic E-state index is 0.0960. The molecule has 148 valence electrons. The van der Waals surface area contributed by atoms with E-state index in [4.69, 9.17) is 0 Å². The van der Waals surface area contributed by atoms with Crippen LogP contribution in [0.4, 0.5) is 0 Å². The average molecular weight is 373 g/mol. The first-order valence-corrected chi connectivity index (χ1v) is 10.6. The summed E-state index contributed by atoms with van der Waals surface area (Å²) in [6.45, 7) is 4.71. The molecule has 2 atom stereocenters. The molecule has 0 spiro atoms. The van der Waals surface area contributed by atoms with Crippen molar-refractivity contribution in [1.29, 1.82) is 0 Å². The van der Waals surface area contributed by atoms with Gasteiger partial charge in [-0.2, -0.15) is 0 Å². The molecule has 2 fully saturated rings. The number of hydrogen-bond donors (Lipinski definition) is 3. The van der Waals surface area contributed by atoms with Crippen LogP contribution < -0.4 is 15.5 Å². The molecule has 0 bridgehead atoms. The lowest BCUT2D eigenvalue weighted by atomic mass is 9.86. The fourth-order valence-corrected chi connectivity index (χ4v) is 4.42. The fourth-order valence-electron chi connectivity index (χ4n) is 4.42. The van der Waals surface area contributed by atoms with Crippen LogP contribution in [0, 0.1) is 5.92 Å². The van der Waals surface area contributed by atoms with E-state index in [1.54, 1.807) is 0 Å². The van der Waals surface area contributed by atoms with Gasteiger partial charge in [0.25, 0.3) is 5.91 Å². The van der Waals surface area contributed by atoms with Crippen LogP contribution in [0.15, 0.2) is 30.3 Å². The molecule has 1 aromatic carbocycles. The Morgan fingerprint density at radius 2 is 1.67 bits per heavy atom. The zero-order valence-corrected chi connectivity index (χ0v) is 16.5. The number of carbonyl (C=O) groups excluding carboxylic acids is 2. The first-order chi connectivity index (χ1) is 13.1. The maximum absolute atomic E-state index is 12.4. The topological polar surface area (TPSA) is 62.6 Å².